The molecule has 1 aliphatic heterocycles. The van der Waals surface area contributed by atoms with Gasteiger partial charge in [-0.25, -0.2) is 0 Å². The van der Waals surface area contributed by atoms with E-state index in [2.05, 4.69) is 64.7 Å². The van der Waals surface area contributed by atoms with Crippen molar-refractivity contribution in [2.24, 2.45) is 5.92 Å². The van der Waals surface area contributed by atoms with Crippen LogP contribution in [0.2, 0.25) is 0 Å². The first kappa shape index (κ1) is 19.2. The minimum atomic E-state index is 0.0888. The summed E-state index contributed by atoms with van der Waals surface area (Å²) in [6.07, 6.45) is 0. The SMILES string of the molecule is Cc1nn(CC(C)C)c2sc(C(=O)N3CCN(C)C[C@H]3c3ccccc3)cc12. The normalized spacial score (nSPS) is 18.3. The van der Waals surface area contributed by atoms with Crippen molar-refractivity contribution >= 4 is 27.5 Å². The van der Waals surface area contributed by atoms with Crippen molar-refractivity contribution in [2.75, 3.05) is 26.7 Å². The highest BCUT2D eigenvalue weighted by molar-refractivity contribution is 7.20. The predicted octanol–water partition coefficient (Wildman–Crippen LogP) is 4.19. The predicted molar refractivity (Wildman–Crippen MR) is 115 cm³/mol. The van der Waals surface area contributed by atoms with Crippen LogP contribution in [-0.4, -0.2) is 52.2 Å². The van der Waals surface area contributed by atoms with E-state index in [9.17, 15) is 4.79 Å². The van der Waals surface area contributed by atoms with E-state index in [1.165, 1.54) is 5.56 Å². The summed E-state index contributed by atoms with van der Waals surface area (Å²) in [5.74, 6) is 0.655. The zero-order chi connectivity index (χ0) is 19.8. The molecule has 1 fully saturated rings. The molecular weight excluding hydrogens is 368 g/mol. The Balaban J connectivity index is 1.67. The van der Waals surface area contributed by atoms with E-state index < -0.39 is 0 Å². The Morgan fingerprint density at radius 2 is 2.00 bits per heavy atom. The van der Waals surface area contributed by atoms with Gasteiger partial charge in [-0.3, -0.25) is 9.48 Å². The molecule has 1 amide bonds. The van der Waals surface area contributed by atoms with Crippen molar-refractivity contribution in [2.45, 2.75) is 33.4 Å². The second-order valence-electron chi connectivity index (χ2n) is 8.18. The van der Waals surface area contributed by atoms with E-state index in [0.717, 1.165) is 47.0 Å². The summed E-state index contributed by atoms with van der Waals surface area (Å²) in [6, 6.07) is 12.5. The molecule has 1 saturated heterocycles. The van der Waals surface area contributed by atoms with Crippen LogP contribution in [0.4, 0.5) is 0 Å². The fraction of sp³-hybridized carbons (Fsp3) is 0.455. The molecule has 6 heteroatoms. The number of aryl methyl sites for hydroxylation is 1. The van der Waals surface area contributed by atoms with Crippen molar-refractivity contribution in [3.63, 3.8) is 0 Å². The first-order chi connectivity index (χ1) is 13.4. The third-order valence-corrected chi connectivity index (χ3v) is 6.52. The number of likely N-dealkylation sites (N-methyl/N-ethyl adjacent to an activating group) is 1. The molecule has 3 heterocycles. The molecular formula is C22H28N4OS. The fourth-order valence-electron chi connectivity index (χ4n) is 3.95. The second-order valence-corrected chi connectivity index (χ2v) is 9.21. The minimum absolute atomic E-state index is 0.0888. The highest BCUT2D eigenvalue weighted by atomic mass is 32.1. The number of hydrogen-bond acceptors (Lipinski definition) is 4. The van der Waals surface area contributed by atoms with E-state index in [0.29, 0.717) is 5.92 Å². The van der Waals surface area contributed by atoms with Crippen LogP contribution >= 0.6 is 11.3 Å². The van der Waals surface area contributed by atoms with Gasteiger partial charge in [-0.15, -0.1) is 11.3 Å². The Kier molecular flexibility index (Phi) is 5.25. The fourth-order valence-corrected chi connectivity index (χ4v) is 5.08. The van der Waals surface area contributed by atoms with Gasteiger partial charge in [0.25, 0.3) is 5.91 Å². The highest BCUT2D eigenvalue weighted by Gasteiger charge is 2.32. The average molecular weight is 397 g/mol. The van der Waals surface area contributed by atoms with E-state index in [-0.39, 0.29) is 11.9 Å². The lowest BCUT2D eigenvalue weighted by Gasteiger charge is -2.40. The smallest absolute Gasteiger partial charge is 0.264 e. The number of piperazine rings is 1. The Hall–Kier alpha value is -2.18. The van der Waals surface area contributed by atoms with Gasteiger partial charge in [0, 0.05) is 31.6 Å². The van der Waals surface area contributed by atoms with E-state index >= 15 is 0 Å². The number of benzene rings is 1. The molecule has 0 radical (unpaired) electrons. The molecule has 1 aromatic carbocycles. The Morgan fingerprint density at radius 3 is 2.71 bits per heavy atom. The molecule has 0 aliphatic carbocycles. The Labute approximate surface area is 170 Å². The van der Waals surface area contributed by atoms with Gasteiger partial charge in [-0.05, 0) is 31.5 Å². The molecule has 3 aromatic rings. The Bertz CT molecular complexity index is 975. The molecule has 148 valence electrons. The van der Waals surface area contributed by atoms with Gasteiger partial charge >= 0.3 is 0 Å². The number of aromatic nitrogens is 2. The quantitative estimate of drug-likeness (QED) is 0.664. The lowest BCUT2D eigenvalue weighted by Crippen LogP contribution is -2.49. The lowest BCUT2D eigenvalue weighted by atomic mass is 10.0. The first-order valence-corrected chi connectivity index (χ1v) is 10.8. The summed E-state index contributed by atoms with van der Waals surface area (Å²) in [5.41, 5.74) is 2.20. The summed E-state index contributed by atoms with van der Waals surface area (Å²) < 4.78 is 2.06. The van der Waals surface area contributed by atoms with Crippen molar-refractivity contribution < 1.29 is 4.79 Å². The van der Waals surface area contributed by atoms with Crippen molar-refractivity contribution in [1.29, 1.82) is 0 Å². The molecule has 0 N–H and O–H groups in total. The topological polar surface area (TPSA) is 41.4 Å². The molecule has 0 spiro atoms. The number of carbonyl (C=O) groups is 1. The van der Waals surface area contributed by atoms with Gasteiger partial charge in [0.2, 0.25) is 0 Å². The van der Waals surface area contributed by atoms with Crippen LogP contribution in [0.3, 0.4) is 0 Å². The summed E-state index contributed by atoms with van der Waals surface area (Å²) >= 11 is 1.58. The number of carbonyl (C=O) groups excluding carboxylic acids is 1. The van der Waals surface area contributed by atoms with Crippen LogP contribution in [0.1, 0.15) is 40.8 Å². The highest BCUT2D eigenvalue weighted by Crippen LogP contribution is 2.33. The molecule has 1 atom stereocenters. The van der Waals surface area contributed by atoms with Crippen molar-refractivity contribution in [3.05, 3.63) is 52.5 Å². The molecule has 4 rings (SSSR count). The molecule has 28 heavy (non-hydrogen) atoms. The van der Waals surface area contributed by atoms with Crippen LogP contribution in [0.15, 0.2) is 36.4 Å². The van der Waals surface area contributed by atoms with E-state index in [1.807, 2.05) is 19.1 Å². The summed E-state index contributed by atoms with van der Waals surface area (Å²) in [5, 5.41) is 5.78. The summed E-state index contributed by atoms with van der Waals surface area (Å²) in [6.45, 7) is 9.80. The van der Waals surface area contributed by atoms with Gasteiger partial charge in [-0.2, -0.15) is 5.10 Å². The molecule has 0 bridgehead atoms. The number of nitrogens with zero attached hydrogens (tertiary/aromatic N) is 4. The van der Waals surface area contributed by atoms with Gasteiger partial charge in [0.1, 0.15) is 4.83 Å². The van der Waals surface area contributed by atoms with Crippen molar-refractivity contribution in [1.82, 2.24) is 19.6 Å². The third-order valence-electron chi connectivity index (χ3n) is 5.38. The van der Waals surface area contributed by atoms with Gasteiger partial charge in [0.05, 0.1) is 16.6 Å². The van der Waals surface area contributed by atoms with Crippen LogP contribution in [0, 0.1) is 12.8 Å². The number of hydrogen-bond donors (Lipinski definition) is 0. The van der Waals surface area contributed by atoms with Gasteiger partial charge < -0.3 is 9.80 Å². The zero-order valence-electron chi connectivity index (χ0n) is 17.1. The number of rotatable bonds is 4. The van der Waals surface area contributed by atoms with Crippen molar-refractivity contribution in [3.8, 4) is 0 Å². The maximum absolute atomic E-state index is 13.5. The average Bonchev–Trinajstić information content (AvgIpc) is 3.23. The van der Waals surface area contributed by atoms with E-state index in [1.54, 1.807) is 11.3 Å². The maximum atomic E-state index is 13.5. The summed E-state index contributed by atoms with van der Waals surface area (Å²) in [4.78, 5) is 19.8. The minimum Gasteiger partial charge on any atom is -0.328 e. The van der Waals surface area contributed by atoms with Crippen LogP contribution in [0.25, 0.3) is 10.2 Å². The van der Waals surface area contributed by atoms with Crippen LogP contribution < -0.4 is 0 Å². The third kappa shape index (κ3) is 3.59. The molecule has 2 aromatic heterocycles. The number of amides is 1. The lowest BCUT2D eigenvalue weighted by molar-refractivity contribution is 0.0503. The standard InChI is InChI=1S/C22H28N4OS/c1-15(2)13-26-22-18(16(3)23-26)12-20(28-22)21(27)25-11-10-24(4)14-19(25)17-8-6-5-7-9-17/h5-9,12,15,19H,10-11,13-14H2,1-4H3/t19-/m0/s1. The number of thiophene rings is 1. The monoisotopic (exact) mass is 396 g/mol. The van der Waals surface area contributed by atoms with Gasteiger partial charge in [-0.1, -0.05) is 44.2 Å². The largest absolute Gasteiger partial charge is 0.328 e. The second kappa shape index (κ2) is 7.68. The molecule has 1 aliphatic rings. The van der Waals surface area contributed by atoms with Gasteiger partial charge in [0.15, 0.2) is 0 Å². The first-order valence-electron chi connectivity index (χ1n) is 9.95. The molecule has 0 unspecified atom stereocenters. The zero-order valence-corrected chi connectivity index (χ0v) is 17.9. The van der Waals surface area contributed by atoms with Crippen LogP contribution in [0.5, 0.6) is 0 Å². The van der Waals surface area contributed by atoms with Crippen LogP contribution in [-0.2, 0) is 6.54 Å². The molecule has 5 nitrogen and oxygen atoms in total. The number of fused-ring (bicyclic) bond motifs is 1. The Morgan fingerprint density at radius 1 is 1.25 bits per heavy atom. The molecule has 0 saturated carbocycles. The summed E-state index contributed by atoms with van der Waals surface area (Å²) in [7, 11) is 2.13. The van der Waals surface area contributed by atoms with E-state index in [4.69, 9.17) is 0 Å². The maximum Gasteiger partial charge on any atom is 0.264 e.